The summed E-state index contributed by atoms with van der Waals surface area (Å²) in [6.45, 7) is 4.02. The van der Waals surface area contributed by atoms with Gasteiger partial charge in [-0.2, -0.15) is 0 Å². The second-order valence-electron chi connectivity index (χ2n) is 3.80. The molecule has 1 aliphatic carbocycles. The lowest BCUT2D eigenvalue weighted by Crippen LogP contribution is -2.09. The molecule has 0 saturated heterocycles. The molecule has 1 saturated carbocycles. The predicted octanol–water partition coefficient (Wildman–Crippen LogP) is 2.00. The lowest BCUT2D eigenvalue weighted by Gasteiger charge is -2.06. The van der Waals surface area contributed by atoms with E-state index < -0.39 is 0 Å². The maximum absolute atomic E-state index is 13.6. The number of hydrogen-bond donors (Lipinski definition) is 1. The fourth-order valence-corrected chi connectivity index (χ4v) is 1.45. The number of hydrogen-bond acceptors (Lipinski definition) is 3. The summed E-state index contributed by atoms with van der Waals surface area (Å²) in [7, 11) is 0. The molecule has 2 unspecified atom stereocenters. The van der Waals surface area contributed by atoms with E-state index in [9.17, 15) is 4.39 Å². The van der Waals surface area contributed by atoms with Crippen molar-refractivity contribution in [3.05, 3.63) is 17.8 Å². The van der Waals surface area contributed by atoms with Crippen LogP contribution in [0.3, 0.4) is 0 Å². The molecule has 1 fully saturated rings. The SMILES string of the molecule is CCc1ncnc(NC2CC2C)c1F. The lowest BCUT2D eigenvalue weighted by atomic mass is 10.3. The molecule has 0 amide bonds. The highest BCUT2D eigenvalue weighted by Crippen LogP contribution is 2.32. The number of nitrogens with zero attached hydrogens (tertiary/aromatic N) is 2. The van der Waals surface area contributed by atoms with Crippen molar-refractivity contribution >= 4 is 5.82 Å². The van der Waals surface area contributed by atoms with Gasteiger partial charge in [-0.3, -0.25) is 0 Å². The first-order valence-electron chi connectivity index (χ1n) is 4.98. The Bertz CT molecular complexity index is 340. The maximum atomic E-state index is 13.6. The van der Waals surface area contributed by atoms with Gasteiger partial charge in [0.05, 0.1) is 5.69 Å². The molecular formula is C10H14FN3. The van der Waals surface area contributed by atoms with Crippen LogP contribution in [0.25, 0.3) is 0 Å². The highest BCUT2D eigenvalue weighted by Gasteiger charge is 2.33. The first kappa shape index (κ1) is 9.37. The second-order valence-corrected chi connectivity index (χ2v) is 3.80. The molecule has 1 aromatic heterocycles. The molecule has 2 rings (SSSR count). The number of aryl methyl sites for hydroxylation is 1. The van der Waals surface area contributed by atoms with Crippen LogP contribution in [0.15, 0.2) is 6.33 Å². The quantitative estimate of drug-likeness (QED) is 0.801. The molecule has 0 aromatic carbocycles. The molecular weight excluding hydrogens is 181 g/mol. The molecule has 0 spiro atoms. The summed E-state index contributed by atoms with van der Waals surface area (Å²) in [4.78, 5) is 7.78. The van der Waals surface area contributed by atoms with E-state index in [0.29, 0.717) is 29.9 Å². The normalized spacial score (nSPS) is 24.8. The minimum Gasteiger partial charge on any atom is -0.365 e. The van der Waals surface area contributed by atoms with Crippen LogP contribution in [0.5, 0.6) is 0 Å². The summed E-state index contributed by atoms with van der Waals surface area (Å²) in [5.41, 5.74) is 0.482. The maximum Gasteiger partial charge on any atom is 0.186 e. The summed E-state index contributed by atoms with van der Waals surface area (Å²) in [5, 5.41) is 3.08. The van der Waals surface area contributed by atoms with Crippen molar-refractivity contribution in [2.75, 3.05) is 5.32 Å². The van der Waals surface area contributed by atoms with Crippen LogP contribution < -0.4 is 5.32 Å². The van der Waals surface area contributed by atoms with Gasteiger partial charge in [0, 0.05) is 6.04 Å². The molecule has 2 atom stereocenters. The Hall–Kier alpha value is -1.19. The van der Waals surface area contributed by atoms with Crippen molar-refractivity contribution in [3.8, 4) is 0 Å². The third kappa shape index (κ3) is 1.69. The molecule has 0 aliphatic heterocycles. The second kappa shape index (κ2) is 3.52. The first-order chi connectivity index (χ1) is 6.72. The van der Waals surface area contributed by atoms with Crippen LogP contribution in [-0.2, 0) is 6.42 Å². The topological polar surface area (TPSA) is 37.8 Å². The van der Waals surface area contributed by atoms with Gasteiger partial charge < -0.3 is 5.32 Å². The largest absolute Gasteiger partial charge is 0.365 e. The van der Waals surface area contributed by atoms with E-state index in [1.54, 1.807) is 0 Å². The molecule has 0 radical (unpaired) electrons. The van der Waals surface area contributed by atoms with Crippen LogP contribution in [0.2, 0.25) is 0 Å². The summed E-state index contributed by atoms with van der Waals surface area (Å²) >= 11 is 0. The van der Waals surface area contributed by atoms with E-state index in [2.05, 4.69) is 22.2 Å². The van der Waals surface area contributed by atoms with E-state index in [-0.39, 0.29) is 5.82 Å². The van der Waals surface area contributed by atoms with Gasteiger partial charge in [-0.1, -0.05) is 13.8 Å². The fourth-order valence-electron chi connectivity index (χ4n) is 1.45. The summed E-state index contributed by atoms with van der Waals surface area (Å²) < 4.78 is 13.6. The minimum absolute atomic E-state index is 0.297. The van der Waals surface area contributed by atoms with Crippen molar-refractivity contribution in [1.29, 1.82) is 0 Å². The number of rotatable bonds is 3. The van der Waals surface area contributed by atoms with Crippen molar-refractivity contribution in [1.82, 2.24) is 9.97 Å². The Morgan fingerprint density at radius 1 is 1.57 bits per heavy atom. The summed E-state index contributed by atoms with van der Waals surface area (Å²) in [5.74, 6) is 0.690. The lowest BCUT2D eigenvalue weighted by molar-refractivity contribution is 0.596. The Morgan fingerprint density at radius 3 is 2.86 bits per heavy atom. The van der Waals surface area contributed by atoms with Crippen molar-refractivity contribution in [3.63, 3.8) is 0 Å². The van der Waals surface area contributed by atoms with Crippen molar-refractivity contribution in [2.24, 2.45) is 5.92 Å². The highest BCUT2D eigenvalue weighted by atomic mass is 19.1. The van der Waals surface area contributed by atoms with Crippen LogP contribution >= 0.6 is 0 Å². The molecule has 1 heterocycles. The minimum atomic E-state index is -0.297. The standard InChI is InChI=1S/C10H14FN3/c1-3-7-9(11)10(13-5-12-7)14-8-4-6(8)2/h5-6,8H,3-4H2,1-2H3,(H,12,13,14). The van der Waals surface area contributed by atoms with Crippen LogP contribution in [0.4, 0.5) is 10.2 Å². The molecule has 1 N–H and O–H groups in total. The van der Waals surface area contributed by atoms with Crippen molar-refractivity contribution in [2.45, 2.75) is 32.7 Å². The van der Waals surface area contributed by atoms with Gasteiger partial charge in [-0.15, -0.1) is 0 Å². The monoisotopic (exact) mass is 195 g/mol. The zero-order valence-electron chi connectivity index (χ0n) is 8.42. The number of aromatic nitrogens is 2. The van der Waals surface area contributed by atoms with Crippen LogP contribution in [0.1, 0.15) is 26.0 Å². The number of halogens is 1. The fraction of sp³-hybridized carbons (Fsp3) is 0.600. The number of nitrogens with one attached hydrogen (secondary N) is 1. The molecule has 1 aromatic rings. The predicted molar refractivity (Wildman–Crippen MR) is 52.6 cm³/mol. The Morgan fingerprint density at radius 2 is 2.29 bits per heavy atom. The summed E-state index contributed by atoms with van der Waals surface area (Å²) in [6.07, 6.45) is 3.12. The van der Waals surface area contributed by atoms with Gasteiger partial charge in [0.15, 0.2) is 11.6 Å². The molecule has 14 heavy (non-hydrogen) atoms. The van der Waals surface area contributed by atoms with Gasteiger partial charge >= 0.3 is 0 Å². The van der Waals surface area contributed by atoms with Gasteiger partial charge in [0.1, 0.15) is 6.33 Å². The molecule has 76 valence electrons. The average Bonchev–Trinajstić information content (AvgIpc) is 2.86. The molecule has 4 heteroatoms. The Kier molecular flexibility index (Phi) is 2.35. The van der Waals surface area contributed by atoms with Crippen LogP contribution in [0, 0.1) is 11.7 Å². The molecule has 1 aliphatic rings. The summed E-state index contributed by atoms with van der Waals surface area (Å²) in [6, 6.07) is 0.393. The Labute approximate surface area is 82.8 Å². The van der Waals surface area contributed by atoms with Crippen LogP contribution in [-0.4, -0.2) is 16.0 Å². The van der Waals surface area contributed by atoms with E-state index in [4.69, 9.17) is 0 Å². The van der Waals surface area contributed by atoms with Crippen molar-refractivity contribution < 1.29 is 4.39 Å². The van der Waals surface area contributed by atoms with Gasteiger partial charge in [-0.25, -0.2) is 14.4 Å². The van der Waals surface area contributed by atoms with Gasteiger partial charge in [0.2, 0.25) is 0 Å². The average molecular weight is 195 g/mol. The zero-order chi connectivity index (χ0) is 10.1. The molecule has 3 nitrogen and oxygen atoms in total. The van der Waals surface area contributed by atoms with Gasteiger partial charge in [-0.05, 0) is 18.8 Å². The van der Waals surface area contributed by atoms with E-state index >= 15 is 0 Å². The van der Waals surface area contributed by atoms with E-state index in [0.717, 1.165) is 6.42 Å². The zero-order valence-corrected chi connectivity index (χ0v) is 8.42. The number of anilines is 1. The van der Waals surface area contributed by atoms with E-state index in [1.807, 2.05) is 6.92 Å². The third-order valence-corrected chi connectivity index (χ3v) is 2.63. The third-order valence-electron chi connectivity index (χ3n) is 2.63. The highest BCUT2D eigenvalue weighted by molar-refractivity contribution is 5.40. The Balaban J connectivity index is 2.16. The van der Waals surface area contributed by atoms with E-state index in [1.165, 1.54) is 6.33 Å². The first-order valence-corrected chi connectivity index (χ1v) is 4.98. The van der Waals surface area contributed by atoms with Gasteiger partial charge in [0.25, 0.3) is 0 Å². The smallest absolute Gasteiger partial charge is 0.186 e. The molecule has 0 bridgehead atoms.